The zero-order chi connectivity index (χ0) is 21.1. The topological polar surface area (TPSA) is 72.4 Å². The summed E-state index contributed by atoms with van der Waals surface area (Å²) in [4.78, 5) is 33.7. The highest BCUT2D eigenvalue weighted by atomic mass is 35.5. The summed E-state index contributed by atoms with van der Waals surface area (Å²) in [7, 11) is 0. The Bertz CT molecular complexity index is 1160. The van der Waals surface area contributed by atoms with E-state index in [0.29, 0.717) is 16.2 Å². The molecule has 2 aromatic carbocycles. The molecule has 1 saturated heterocycles. The minimum atomic E-state index is -0.758. The molecule has 2 heterocycles. The Kier molecular flexibility index (Phi) is 5.78. The van der Waals surface area contributed by atoms with E-state index in [2.05, 4.69) is 9.97 Å². The molecular formula is C21H13ClFN3O3S. The van der Waals surface area contributed by atoms with Gasteiger partial charge in [-0.05, 0) is 52.7 Å². The molecule has 0 unspecified atom stereocenters. The molecule has 3 aromatic rings. The van der Waals surface area contributed by atoms with Gasteiger partial charge in [-0.2, -0.15) is 9.37 Å². The molecule has 150 valence electrons. The quantitative estimate of drug-likeness (QED) is 0.395. The van der Waals surface area contributed by atoms with Crippen molar-refractivity contribution in [2.75, 3.05) is 0 Å². The van der Waals surface area contributed by atoms with E-state index >= 15 is 0 Å². The van der Waals surface area contributed by atoms with Crippen molar-refractivity contribution in [1.82, 2.24) is 14.9 Å². The zero-order valence-electron chi connectivity index (χ0n) is 15.3. The molecule has 0 bridgehead atoms. The Morgan fingerprint density at radius 3 is 2.73 bits per heavy atom. The molecule has 0 saturated carbocycles. The lowest BCUT2D eigenvalue weighted by atomic mass is 10.2. The van der Waals surface area contributed by atoms with Gasteiger partial charge in [0, 0.05) is 0 Å². The summed E-state index contributed by atoms with van der Waals surface area (Å²) in [6, 6.07) is 15.9. The number of carbonyl (C=O) groups excluding carboxylic acids is 2. The van der Waals surface area contributed by atoms with Gasteiger partial charge in [-0.15, -0.1) is 0 Å². The SMILES string of the molecule is O=C1S/C(=C/c2cccc(Oc3nc(Cl)ncc3F)c2)C(=O)N1Cc1ccccc1. The molecule has 0 atom stereocenters. The van der Waals surface area contributed by atoms with Gasteiger partial charge in [0.1, 0.15) is 5.75 Å². The largest absolute Gasteiger partial charge is 0.436 e. The van der Waals surface area contributed by atoms with Crippen LogP contribution in [0.1, 0.15) is 11.1 Å². The number of carbonyl (C=O) groups is 2. The van der Waals surface area contributed by atoms with E-state index in [9.17, 15) is 14.0 Å². The first-order valence-corrected chi connectivity index (χ1v) is 9.94. The van der Waals surface area contributed by atoms with Gasteiger partial charge >= 0.3 is 0 Å². The van der Waals surface area contributed by atoms with E-state index in [-0.39, 0.29) is 28.9 Å². The summed E-state index contributed by atoms with van der Waals surface area (Å²) in [5.74, 6) is -1.14. The lowest BCUT2D eigenvalue weighted by Gasteiger charge is -2.12. The van der Waals surface area contributed by atoms with Crippen molar-refractivity contribution in [1.29, 1.82) is 0 Å². The van der Waals surface area contributed by atoms with Crippen molar-refractivity contribution in [3.05, 3.63) is 87.9 Å². The van der Waals surface area contributed by atoms with Gasteiger partial charge < -0.3 is 4.74 Å². The third-order valence-electron chi connectivity index (χ3n) is 4.11. The van der Waals surface area contributed by atoms with Gasteiger partial charge in [-0.1, -0.05) is 42.5 Å². The van der Waals surface area contributed by atoms with Crippen molar-refractivity contribution in [2.45, 2.75) is 6.54 Å². The van der Waals surface area contributed by atoms with Gasteiger partial charge in [0.25, 0.3) is 17.0 Å². The number of hydrogen-bond acceptors (Lipinski definition) is 6. The first kappa shape index (κ1) is 20.1. The molecule has 2 amide bonds. The molecule has 30 heavy (non-hydrogen) atoms. The van der Waals surface area contributed by atoms with E-state index in [1.54, 1.807) is 30.3 Å². The van der Waals surface area contributed by atoms with Crippen LogP contribution >= 0.6 is 23.4 Å². The Hall–Kier alpha value is -3.23. The molecule has 0 N–H and O–H groups in total. The summed E-state index contributed by atoms with van der Waals surface area (Å²) in [5.41, 5.74) is 1.47. The van der Waals surface area contributed by atoms with Crippen molar-refractivity contribution in [3.8, 4) is 11.6 Å². The van der Waals surface area contributed by atoms with E-state index in [4.69, 9.17) is 16.3 Å². The maximum Gasteiger partial charge on any atom is 0.293 e. The number of benzene rings is 2. The number of imide groups is 1. The number of nitrogens with zero attached hydrogens (tertiary/aromatic N) is 3. The fourth-order valence-corrected chi connectivity index (χ4v) is 3.70. The second kappa shape index (κ2) is 8.64. The highest BCUT2D eigenvalue weighted by Gasteiger charge is 2.34. The summed E-state index contributed by atoms with van der Waals surface area (Å²) < 4.78 is 19.2. The standard InChI is InChI=1S/C21H13ClFN3O3S/c22-20-24-11-16(23)18(25-20)29-15-8-4-7-14(9-15)10-17-19(27)26(21(28)30-17)12-13-5-2-1-3-6-13/h1-11H,12H2/b17-10+. The number of hydrogen-bond donors (Lipinski definition) is 0. The molecule has 1 aromatic heterocycles. The summed E-state index contributed by atoms with van der Waals surface area (Å²) in [6.45, 7) is 0.208. The van der Waals surface area contributed by atoms with E-state index in [1.165, 1.54) is 4.90 Å². The number of ether oxygens (including phenoxy) is 1. The average Bonchev–Trinajstić information content (AvgIpc) is 2.99. The number of thioether (sulfide) groups is 1. The molecule has 6 nitrogen and oxygen atoms in total. The van der Waals surface area contributed by atoms with Crippen molar-refractivity contribution < 1.29 is 18.7 Å². The van der Waals surface area contributed by atoms with Crippen LogP contribution in [0, 0.1) is 5.82 Å². The zero-order valence-corrected chi connectivity index (χ0v) is 16.9. The Morgan fingerprint density at radius 1 is 1.13 bits per heavy atom. The molecule has 0 aliphatic carbocycles. The molecule has 0 radical (unpaired) electrons. The lowest BCUT2D eigenvalue weighted by molar-refractivity contribution is -0.123. The van der Waals surface area contributed by atoms with Gasteiger partial charge in [0.2, 0.25) is 11.1 Å². The van der Waals surface area contributed by atoms with Gasteiger partial charge in [0.05, 0.1) is 17.6 Å². The van der Waals surface area contributed by atoms with Crippen LogP contribution in [-0.4, -0.2) is 26.0 Å². The normalized spacial score (nSPS) is 15.1. The second-order valence-corrected chi connectivity index (χ2v) is 7.55. The van der Waals surface area contributed by atoms with E-state index < -0.39 is 5.82 Å². The smallest absolute Gasteiger partial charge is 0.293 e. The molecule has 9 heteroatoms. The van der Waals surface area contributed by atoms with E-state index in [1.807, 2.05) is 30.3 Å². The third kappa shape index (κ3) is 4.50. The maximum absolute atomic E-state index is 13.8. The van der Waals surface area contributed by atoms with Crippen LogP contribution in [0.2, 0.25) is 5.28 Å². The van der Waals surface area contributed by atoms with Crippen LogP contribution in [-0.2, 0) is 11.3 Å². The van der Waals surface area contributed by atoms with Crippen LogP contribution < -0.4 is 4.74 Å². The Labute approximate surface area is 180 Å². The Morgan fingerprint density at radius 2 is 1.93 bits per heavy atom. The highest BCUT2D eigenvalue weighted by Crippen LogP contribution is 2.34. The van der Waals surface area contributed by atoms with Crippen molar-refractivity contribution in [2.24, 2.45) is 0 Å². The molecule has 1 aliphatic heterocycles. The molecule has 1 aliphatic rings. The molecule has 1 fully saturated rings. The predicted molar refractivity (Wildman–Crippen MR) is 111 cm³/mol. The van der Waals surface area contributed by atoms with Crippen LogP contribution in [0.3, 0.4) is 0 Å². The average molecular weight is 442 g/mol. The Balaban J connectivity index is 1.53. The molecule has 0 spiro atoms. The third-order valence-corrected chi connectivity index (χ3v) is 5.20. The highest BCUT2D eigenvalue weighted by molar-refractivity contribution is 8.18. The monoisotopic (exact) mass is 441 g/mol. The minimum absolute atomic E-state index is 0.144. The first-order valence-electron chi connectivity index (χ1n) is 8.75. The first-order chi connectivity index (χ1) is 14.5. The fourth-order valence-electron chi connectivity index (χ4n) is 2.74. The van der Waals surface area contributed by atoms with Crippen molar-refractivity contribution >= 4 is 40.6 Å². The summed E-state index contributed by atoms with van der Waals surface area (Å²) in [6.07, 6.45) is 2.50. The van der Waals surface area contributed by atoms with Crippen LogP contribution in [0.5, 0.6) is 11.6 Å². The van der Waals surface area contributed by atoms with Crippen LogP contribution in [0.25, 0.3) is 6.08 Å². The van der Waals surface area contributed by atoms with Crippen molar-refractivity contribution in [3.63, 3.8) is 0 Å². The maximum atomic E-state index is 13.8. The minimum Gasteiger partial charge on any atom is -0.436 e. The second-order valence-electron chi connectivity index (χ2n) is 6.22. The van der Waals surface area contributed by atoms with Gasteiger partial charge in [-0.3, -0.25) is 14.5 Å². The number of aromatic nitrogens is 2. The number of rotatable bonds is 5. The number of amides is 2. The fraction of sp³-hybridized carbons (Fsp3) is 0.0476. The molecule has 4 rings (SSSR count). The molecular weight excluding hydrogens is 429 g/mol. The summed E-state index contributed by atoms with van der Waals surface area (Å²) in [5, 5.41) is -0.477. The predicted octanol–water partition coefficient (Wildman–Crippen LogP) is 5.30. The van der Waals surface area contributed by atoms with Crippen LogP contribution in [0.15, 0.2) is 65.7 Å². The van der Waals surface area contributed by atoms with Gasteiger partial charge in [0.15, 0.2) is 0 Å². The lowest BCUT2D eigenvalue weighted by Crippen LogP contribution is -2.27. The van der Waals surface area contributed by atoms with Gasteiger partial charge in [-0.25, -0.2) is 4.98 Å². The number of halogens is 2. The van der Waals surface area contributed by atoms with E-state index in [0.717, 1.165) is 23.5 Å². The summed E-state index contributed by atoms with van der Waals surface area (Å²) >= 11 is 6.54. The van der Waals surface area contributed by atoms with Crippen LogP contribution in [0.4, 0.5) is 9.18 Å².